The third-order valence-corrected chi connectivity index (χ3v) is 3.90. The van der Waals surface area contributed by atoms with Crippen LogP contribution in [0.5, 0.6) is 0 Å². The van der Waals surface area contributed by atoms with Gasteiger partial charge in [-0.1, -0.05) is 6.42 Å². The van der Waals surface area contributed by atoms with E-state index in [1.807, 2.05) is 0 Å². The largest absolute Gasteiger partial charge is 0.481 e. The van der Waals surface area contributed by atoms with Crippen LogP contribution in [-0.4, -0.2) is 36.2 Å². The van der Waals surface area contributed by atoms with Crippen LogP contribution in [0.3, 0.4) is 0 Å². The van der Waals surface area contributed by atoms with Gasteiger partial charge >= 0.3 is 5.97 Å². The molecule has 0 radical (unpaired) electrons. The van der Waals surface area contributed by atoms with E-state index in [0.29, 0.717) is 13.0 Å². The van der Waals surface area contributed by atoms with E-state index < -0.39 is 5.97 Å². The average Bonchev–Trinajstić information content (AvgIpc) is 2.40. The number of nitrogens with one attached hydrogen (secondary N) is 1. The van der Waals surface area contributed by atoms with E-state index >= 15 is 0 Å². The van der Waals surface area contributed by atoms with Gasteiger partial charge in [-0.3, -0.25) is 9.59 Å². The van der Waals surface area contributed by atoms with Crippen molar-refractivity contribution in [3.05, 3.63) is 0 Å². The number of aliphatic carboxylic acids is 1. The van der Waals surface area contributed by atoms with Gasteiger partial charge in [-0.15, -0.1) is 0 Å². The molecule has 0 aromatic rings. The van der Waals surface area contributed by atoms with Gasteiger partial charge in [0, 0.05) is 12.6 Å². The molecule has 18 heavy (non-hydrogen) atoms. The highest BCUT2D eigenvalue weighted by atomic mass is 16.5. The molecule has 1 aliphatic carbocycles. The highest BCUT2D eigenvalue weighted by molar-refractivity contribution is 5.79. The second kappa shape index (κ2) is 6.18. The van der Waals surface area contributed by atoms with Gasteiger partial charge in [-0.25, -0.2) is 0 Å². The fourth-order valence-electron chi connectivity index (χ4n) is 2.81. The fraction of sp³-hybridized carbons (Fsp3) is 0.846. The monoisotopic (exact) mass is 255 g/mol. The van der Waals surface area contributed by atoms with Crippen molar-refractivity contribution < 1.29 is 19.4 Å². The van der Waals surface area contributed by atoms with Crippen molar-refractivity contribution in [1.82, 2.24) is 5.32 Å². The summed E-state index contributed by atoms with van der Waals surface area (Å²) in [5.74, 6) is -1.06. The lowest BCUT2D eigenvalue weighted by molar-refractivity contribution is -0.143. The average molecular weight is 255 g/mol. The molecule has 0 spiro atoms. The van der Waals surface area contributed by atoms with E-state index in [4.69, 9.17) is 9.84 Å². The summed E-state index contributed by atoms with van der Waals surface area (Å²) in [5.41, 5.74) is 0. The molecule has 1 saturated heterocycles. The van der Waals surface area contributed by atoms with Crippen LogP contribution in [0.2, 0.25) is 0 Å². The minimum Gasteiger partial charge on any atom is -0.481 e. The van der Waals surface area contributed by atoms with Gasteiger partial charge in [0.1, 0.15) is 0 Å². The van der Waals surface area contributed by atoms with Crippen molar-refractivity contribution in [2.75, 3.05) is 13.2 Å². The maximum atomic E-state index is 12.0. The molecule has 1 aliphatic heterocycles. The lowest BCUT2D eigenvalue weighted by atomic mass is 9.85. The molecular formula is C13H21NO4. The summed E-state index contributed by atoms with van der Waals surface area (Å²) >= 11 is 0. The Hall–Kier alpha value is -1.10. The molecule has 0 bridgehead atoms. The molecule has 1 heterocycles. The highest BCUT2D eigenvalue weighted by Crippen LogP contribution is 2.25. The maximum absolute atomic E-state index is 12.0. The van der Waals surface area contributed by atoms with Crippen LogP contribution >= 0.6 is 0 Å². The van der Waals surface area contributed by atoms with E-state index in [0.717, 1.165) is 38.7 Å². The van der Waals surface area contributed by atoms with E-state index in [1.165, 1.54) is 0 Å². The zero-order chi connectivity index (χ0) is 13.0. The summed E-state index contributed by atoms with van der Waals surface area (Å²) in [4.78, 5) is 23.0. The third-order valence-electron chi connectivity index (χ3n) is 3.90. The molecule has 3 unspecified atom stereocenters. The number of carboxylic acid groups (broad SMARTS) is 1. The van der Waals surface area contributed by atoms with Crippen LogP contribution in [0.15, 0.2) is 0 Å². The first-order chi connectivity index (χ1) is 8.66. The van der Waals surface area contributed by atoms with Crippen LogP contribution in [0, 0.1) is 11.8 Å². The Morgan fingerprint density at radius 3 is 2.56 bits per heavy atom. The van der Waals surface area contributed by atoms with Gasteiger partial charge in [0.15, 0.2) is 0 Å². The predicted octanol–water partition coefficient (Wildman–Crippen LogP) is 1.17. The minimum atomic E-state index is -0.741. The van der Waals surface area contributed by atoms with Crippen molar-refractivity contribution in [3.8, 4) is 0 Å². The lowest BCUT2D eigenvalue weighted by Gasteiger charge is -2.29. The first-order valence-corrected chi connectivity index (χ1v) is 6.77. The summed E-state index contributed by atoms with van der Waals surface area (Å²) in [7, 11) is 0. The van der Waals surface area contributed by atoms with Gasteiger partial charge in [0.25, 0.3) is 0 Å². The van der Waals surface area contributed by atoms with E-state index in [9.17, 15) is 9.59 Å². The van der Waals surface area contributed by atoms with Gasteiger partial charge < -0.3 is 15.2 Å². The summed E-state index contributed by atoms with van der Waals surface area (Å²) in [5, 5.41) is 12.0. The van der Waals surface area contributed by atoms with E-state index in [-0.39, 0.29) is 23.8 Å². The van der Waals surface area contributed by atoms with Gasteiger partial charge in [0.05, 0.1) is 18.4 Å². The van der Waals surface area contributed by atoms with Crippen LogP contribution in [-0.2, 0) is 14.3 Å². The first kappa shape index (κ1) is 13.3. The van der Waals surface area contributed by atoms with Crippen molar-refractivity contribution in [1.29, 1.82) is 0 Å². The molecule has 1 amide bonds. The maximum Gasteiger partial charge on any atom is 0.306 e. The Kier molecular flexibility index (Phi) is 4.58. The number of carbonyl (C=O) groups excluding carboxylic acids is 1. The number of rotatable bonds is 3. The molecular weight excluding hydrogens is 234 g/mol. The zero-order valence-corrected chi connectivity index (χ0v) is 10.6. The van der Waals surface area contributed by atoms with Crippen molar-refractivity contribution in [2.24, 2.45) is 11.8 Å². The highest BCUT2D eigenvalue weighted by Gasteiger charge is 2.30. The smallest absolute Gasteiger partial charge is 0.306 e. The van der Waals surface area contributed by atoms with Crippen molar-refractivity contribution in [3.63, 3.8) is 0 Å². The quantitative estimate of drug-likeness (QED) is 0.794. The normalized spacial score (nSPS) is 32.8. The number of carboxylic acids is 1. The van der Waals surface area contributed by atoms with Gasteiger partial charge in [-0.2, -0.15) is 0 Å². The van der Waals surface area contributed by atoms with Gasteiger partial charge in [-0.05, 0) is 32.1 Å². The van der Waals surface area contributed by atoms with Crippen molar-refractivity contribution >= 4 is 11.9 Å². The molecule has 1 saturated carbocycles. The number of hydrogen-bond acceptors (Lipinski definition) is 3. The third kappa shape index (κ3) is 3.45. The zero-order valence-electron chi connectivity index (χ0n) is 10.6. The lowest BCUT2D eigenvalue weighted by Crippen LogP contribution is -2.44. The van der Waals surface area contributed by atoms with E-state index in [2.05, 4.69) is 5.32 Å². The second-order valence-electron chi connectivity index (χ2n) is 5.32. The molecule has 102 valence electrons. The Morgan fingerprint density at radius 2 is 1.89 bits per heavy atom. The standard InChI is InChI=1S/C13H21NO4/c15-12(10-4-2-6-18-8-10)14-11-5-1-3-9(7-11)13(16)17/h9-11H,1-8H2,(H,14,15)(H,16,17). The molecule has 0 aromatic carbocycles. The molecule has 2 fully saturated rings. The molecule has 2 rings (SSSR count). The predicted molar refractivity (Wildman–Crippen MR) is 65.1 cm³/mol. The molecule has 5 nitrogen and oxygen atoms in total. The molecule has 0 aromatic heterocycles. The number of hydrogen-bond donors (Lipinski definition) is 2. The van der Waals surface area contributed by atoms with E-state index in [1.54, 1.807) is 0 Å². The van der Waals surface area contributed by atoms with Crippen LogP contribution in [0.4, 0.5) is 0 Å². The SMILES string of the molecule is O=C(O)C1CCCC(NC(=O)C2CCCOC2)C1. The number of amides is 1. The summed E-state index contributed by atoms with van der Waals surface area (Å²) < 4.78 is 5.30. The molecule has 2 aliphatic rings. The second-order valence-corrected chi connectivity index (χ2v) is 5.32. The summed E-state index contributed by atoms with van der Waals surface area (Å²) in [6.07, 6.45) is 4.87. The van der Waals surface area contributed by atoms with Crippen LogP contribution in [0.25, 0.3) is 0 Å². The van der Waals surface area contributed by atoms with Crippen LogP contribution < -0.4 is 5.32 Å². The molecule has 5 heteroatoms. The number of carbonyl (C=O) groups is 2. The molecule has 3 atom stereocenters. The minimum absolute atomic E-state index is 0.0225. The Balaban J connectivity index is 1.81. The van der Waals surface area contributed by atoms with Crippen molar-refractivity contribution in [2.45, 2.75) is 44.6 Å². The van der Waals surface area contributed by atoms with Gasteiger partial charge in [0.2, 0.25) is 5.91 Å². The van der Waals surface area contributed by atoms with Crippen LogP contribution in [0.1, 0.15) is 38.5 Å². The fourth-order valence-corrected chi connectivity index (χ4v) is 2.81. The molecule has 2 N–H and O–H groups in total. The topological polar surface area (TPSA) is 75.6 Å². The Labute approximate surface area is 107 Å². The Bertz CT molecular complexity index is 312. The summed E-state index contributed by atoms with van der Waals surface area (Å²) in [6, 6.07) is 0.0225. The summed E-state index contributed by atoms with van der Waals surface area (Å²) in [6.45, 7) is 1.25. The first-order valence-electron chi connectivity index (χ1n) is 6.77. The number of ether oxygens (including phenoxy) is 1. The Morgan fingerprint density at radius 1 is 1.11 bits per heavy atom.